The predicted molar refractivity (Wildman–Crippen MR) is 66.8 cm³/mol. The molecule has 0 saturated carbocycles. The zero-order valence-electron chi connectivity index (χ0n) is 9.39. The summed E-state index contributed by atoms with van der Waals surface area (Å²) in [5.41, 5.74) is 0. The maximum atomic E-state index is 4.30. The molecule has 16 heavy (non-hydrogen) atoms. The number of thiazole rings is 1. The van der Waals surface area contributed by atoms with E-state index in [1.54, 1.807) is 11.3 Å². The fourth-order valence-corrected chi connectivity index (χ4v) is 2.07. The minimum atomic E-state index is 0.798. The molecular formula is C11H16N4S. The van der Waals surface area contributed by atoms with Gasteiger partial charge in [-0.05, 0) is 6.42 Å². The van der Waals surface area contributed by atoms with Gasteiger partial charge in [0.05, 0.1) is 6.54 Å². The number of nitrogens with one attached hydrogen (secondary N) is 1. The number of hydrogen-bond donors (Lipinski definition) is 1. The molecule has 0 saturated heterocycles. The van der Waals surface area contributed by atoms with Gasteiger partial charge < -0.3 is 9.88 Å². The molecule has 2 aromatic rings. The first-order valence-electron chi connectivity index (χ1n) is 5.53. The summed E-state index contributed by atoms with van der Waals surface area (Å²) in [7, 11) is 0. The number of unbranched alkanes of at least 4 members (excludes halogenated alkanes) is 1. The van der Waals surface area contributed by atoms with Crippen LogP contribution in [0.1, 0.15) is 24.8 Å². The van der Waals surface area contributed by atoms with Gasteiger partial charge >= 0.3 is 0 Å². The Morgan fingerprint density at radius 2 is 2.31 bits per heavy atom. The minimum Gasteiger partial charge on any atom is -0.356 e. The molecule has 0 spiro atoms. The van der Waals surface area contributed by atoms with Crippen molar-refractivity contribution >= 4 is 17.3 Å². The van der Waals surface area contributed by atoms with Crippen LogP contribution in [-0.4, -0.2) is 21.1 Å². The van der Waals surface area contributed by atoms with Crippen LogP contribution < -0.4 is 5.32 Å². The van der Waals surface area contributed by atoms with Crippen molar-refractivity contribution in [1.82, 2.24) is 14.5 Å². The Morgan fingerprint density at radius 1 is 1.38 bits per heavy atom. The van der Waals surface area contributed by atoms with E-state index >= 15 is 0 Å². The number of nitrogens with zero attached hydrogens (tertiary/aromatic N) is 3. The molecule has 0 aliphatic heterocycles. The van der Waals surface area contributed by atoms with Crippen molar-refractivity contribution < 1.29 is 0 Å². The highest BCUT2D eigenvalue weighted by Gasteiger charge is 2.03. The van der Waals surface area contributed by atoms with Crippen molar-refractivity contribution in [2.45, 2.75) is 26.3 Å². The van der Waals surface area contributed by atoms with Crippen molar-refractivity contribution in [2.24, 2.45) is 0 Å². The molecule has 0 unspecified atom stereocenters. The highest BCUT2D eigenvalue weighted by Crippen LogP contribution is 2.11. The summed E-state index contributed by atoms with van der Waals surface area (Å²) in [5.74, 6) is 0.934. The van der Waals surface area contributed by atoms with E-state index in [0.29, 0.717) is 0 Å². The second-order valence-corrected chi connectivity index (χ2v) is 4.56. The molecule has 0 amide bonds. The van der Waals surface area contributed by atoms with E-state index in [-0.39, 0.29) is 0 Å². The van der Waals surface area contributed by atoms with Crippen LogP contribution in [0.15, 0.2) is 24.0 Å². The fraction of sp³-hybridized carbons (Fsp3) is 0.455. The van der Waals surface area contributed by atoms with Crippen molar-refractivity contribution in [3.63, 3.8) is 0 Å². The topological polar surface area (TPSA) is 42.7 Å². The lowest BCUT2D eigenvalue weighted by Crippen LogP contribution is -2.09. The second kappa shape index (κ2) is 5.65. The number of hydrogen-bond acceptors (Lipinski definition) is 4. The van der Waals surface area contributed by atoms with Crippen LogP contribution in [0.4, 0.5) is 5.95 Å². The van der Waals surface area contributed by atoms with Gasteiger partial charge in [0.15, 0.2) is 0 Å². The van der Waals surface area contributed by atoms with E-state index in [9.17, 15) is 0 Å². The number of imidazole rings is 1. The van der Waals surface area contributed by atoms with E-state index in [4.69, 9.17) is 0 Å². The van der Waals surface area contributed by atoms with E-state index in [0.717, 1.165) is 24.0 Å². The predicted octanol–water partition coefficient (Wildman–Crippen LogP) is 2.60. The third-order valence-electron chi connectivity index (χ3n) is 2.32. The SMILES string of the molecule is CCCCNc1nccn1Cc1nccs1. The van der Waals surface area contributed by atoms with Crippen LogP contribution in [0.25, 0.3) is 0 Å². The summed E-state index contributed by atoms with van der Waals surface area (Å²) >= 11 is 1.67. The molecule has 2 rings (SSSR count). The summed E-state index contributed by atoms with van der Waals surface area (Å²) in [6.07, 6.45) is 8.00. The van der Waals surface area contributed by atoms with Crippen LogP contribution in [-0.2, 0) is 6.54 Å². The Bertz CT molecular complexity index is 407. The molecule has 1 N–H and O–H groups in total. The van der Waals surface area contributed by atoms with Crippen molar-refractivity contribution in [1.29, 1.82) is 0 Å². The zero-order valence-corrected chi connectivity index (χ0v) is 10.2. The van der Waals surface area contributed by atoms with Gasteiger partial charge in [-0.3, -0.25) is 0 Å². The van der Waals surface area contributed by atoms with Crippen molar-refractivity contribution in [3.05, 3.63) is 29.0 Å². The molecule has 0 radical (unpaired) electrons. The standard InChI is InChI=1S/C11H16N4S/c1-2-3-4-13-11-14-5-7-15(11)9-10-12-6-8-16-10/h5-8H,2-4,9H2,1H3,(H,13,14). The normalized spacial score (nSPS) is 10.6. The molecule has 2 heterocycles. The minimum absolute atomic E-state index is 0.798. The molecular weight excluding hydrogens is 220 g/mol. The van der Waals surface area contributed by atoms with Crippen molar-refractivity contribution in [3.8, 4) is 0 Å². The summed E-state index contributed by atoms with van der Waals surface area (Å²) in [4.78, 5) is 8.57. The first-order valence-corrected chi connectivity index (χ1v) is 6.41. The third-order valence-corrected chi connectivity index (χ3v) is 3.08. The van der Waals surface area contributed by atoms with Crippen LogP contribution >= 0.6 is 11.3 Å². The fourth-order valence-electron chi connectivity index (χ4n) is 1.46. The van der Waals surface area contributed by atoms with E-state index < -0.39 is 0 Å². The number of anilines is 1. The molecule has 0 aliphatic carbocycles. The van der Waals surface area contributed by atoms with Gasteiger partial charge in [-0.25, -0.2) is 9.97 Å². The average Bonchev–Trinajstić information content (AvgIpc) is 2.92. The highest BCUT2D eigenvalue weighted by atomic mass is 32.1. The lowest BCUT2D eigenvalue weighted by molar-refractivity contribution is 0.771. The van der Waals surface area contributed by atoms with Crippen LogP contribution in [0.2, 0.25) is 0 Å². The number of aromatic nitrogens is 3. The van der Waals surface area contributed by atoms with Gasteiger partial charge in [-0.1, -0.05) is 13.3 Å². The Labute approximate surface area is 99.4 Å². The molecule has 0 atom stereocenters. The lowest BCUT2D eigenvalue weighted by Gasteiger charge is -2.07. The van der Waals surface area contributed by atoms with E-state index in [1.807, 2.05) is 24.0 Å². The van der Waals surface area contributed by atoms with Gasteiger partial charge in [0.2, 0.25) is 5.95 Å². The first kappa shape index (κ1) is 11.1. The first-order chi connectivity index (χ1) is 7.90. The van der Waals surface area contributed by atoms with Gasteiger partial charge in [0.1, 0.15) is 5.01 Å². The summed E-state index contributed by atoms with van der Waals surface area (Å²) in [6, 6.07) is 0. The summed E-state index contributed by atoms with van der Waals surface area (Å²) in [6.45, 7) is 3.96. The van der Waals surface area contributed by atoms with Gasteiger partial charge in [0, 0.05) is 30.5 Å². The maximum Gasteiger partial charge on any atom is 0.203 e. The molecule has 2 aromatic heterocycles. The Balaban J connectivity index is 1.96. The molecule has 0 fully saturated rings. The quantitative estimate of drug-likeness (QED) is 0.784. The monoisotopic (exact) mass is 236 g/mol. The lowest BCUT2D eigenvalue weighted by atomic mass is 10.3. The largest absolute Gasteiger partial charge is 0.356 e. The van der Waals surface area contributed by atoms with Crippen LogP contribution in [0, 0.1) is 0 Å². The van der Waals surface area contributed by atoms with E-state index in [1.165, 1.54) is 12.8 Å². The summed E-state index contributed by atoms with van der Waals surface area (Å²) < 4.78 is 2.09. The maximum absolute atomic E-state index is 4.30. The highest BCUT2D eigenvalue weighted by molar-refractivity contribution is 7.09. The van der Waals surface area contributed by atoms with Gasteiger partial charge in [-0.15, -0.1) is 11.3 Å². The van der Waals surface area contributed by atoms with Gasteiger partial charge in [-0.2, -0.15) is 0 Å². The zero-order chi connectivity index (χ0) is 11.2. The van der Waals surface area contributed by atoms with E-state index in [2.05, 4.69) is 26.8 Å². The van der Waals surface area contributed by atoms with Crippen LogP contribution in [0.5, 0.6) is 0 Å². The average molecular weight is 236 g/mol. The Morgan fingerprint density at radius 3 is 3.06 bits per heavy atom. The molecule has 0 aromatic carbocycles. The van der Waals surface area contributed by atoms with Crippen LogP contribution in [0.3, 0.4) is 0 Å². The smallest absolute Gasteiger partial charge is 0.203 e. The Hall–Kier alpha value is -1.36. The number of rotatable bonds is 6. The van der Waals surface area contributed by atoms with Gasteiger partial charge in [0.25, 0.3) is 0 Å². The summed E-state index contributed by atoms with van der Waals surface area (Å²) in [5, 5.41) is 6.44. The third kappa shape index (κ3) is 2.82. The molecule has 0 bridgehead atoms. The molecule has 86 valence electrons. The molecule has 5 heteroatoms. The second-order valence-electron chi connectivity index (χ2n) is 3.58. The molecule has 0 aliphatic rings. The van der Waals surface area contributed by atoms with Crippen molar-refractivity contribution in [2.75, 3.05) is 11.9 Å². The molecule has 4 nitrogen and oxygen atoms in total. The Kier molecular flexibility index (Phi) is 3.93.